The van der Waals surface area contributed by atoms with E-state index in [1.54, 1.807) is 13.0 Å². The maximum atomic E-state index is 13.4. The summed E-state index contributed by atoms with van der Waals surface area (Å²) in [7, 11) is 5.31. The van der Waals surface area contributed by atoms with E-state index in [2.05, 4.69) is 20.4 Å². The molecule has 0 bridgehead atoms. The fraction of sp³-hybridized carbons (Fsp3) is 0.526. The number of halogens is 3. The van der Waals surface area contributed by atoms with Crippen LogP contribution in [-0.2, 0) is 17.5 Å². The van der Waals surface area contributed by atoms with Gasteiger partial charge in [0.2, 0.25) is 0 Å². The minimum absolute atomic E-state index is 0.150. The Hall–Kier alpha value is -2.10. The summed E-state index contributed by atoms with van der Waals surface area (Å²) in [6.07, 6.45) is -4.48. The van der Waals surface area contributed by atoms with Gasteiger partial charge in [-0.3, -0.25) is 10.00 Å². The van der Waals surface area contributed by atoms with Crippen LogP contribution in [0.1, 0.15) is 17.0 Å². The summed E-state index contributed by atoms with van der Waals surface area (Å²) in [6.45, 7) is 4.35. The van der Waals surface area contributed by atoms with Crippen molar-refractivity contribution in [3.05, 3.63) is 35.2 Å². The fourth-order valence-corrected chi connectivity index (χ4v) is 2.85. The van der Waals surface area contributed by atoms with Crippen LogP contribution < -0.4 is 10.1 Å². The Morgan fingerprint density at radius 1 is 1.21 bits per heavy atom. The van der Waals surface area contributed by atoms with Crippen molar-refractivity contribution in [3.8, 4) is 16.9 Å². The highest BCUT2D eigenvalue weighted by Crippen LogP contribution is 2.37. The fourth-order valence-electron chi connectivity index (χ4n) is 2.85. The molecule has 0 aliphatic rings. The zero-order valence-corrected chi connectivity index (χ0v) is 16.6. The van der Waals surface area contributed by atoms with E-state index in [4.69, 9.17) is 9.47 Å². The van der Waals surface area contributed by atoms with Gasteiger partial charge in [0.25, 0.3) is 0 Å². The van der Waals surface area contributed by atoms with Gasteiger partial charge in [-0.1, -0.05) is 0 Å². The number of hydrogen-bond donors (Lipinski definition) is 2. The van der Waals surface area contributed by atoms with Gasteiger partial charge in [-0.05, 0) is 44.8 Å². The average Bonchev–Trinajstić information content (AvgIpc) is 2.99. The van der Waals surface area contributed by atoms with Gasteiger partial charge in [-0.2, -0.15) is 18.3 Å². The zero-order chi connectivity index (χ0) is 20.7. The second-order valence-corrected chi connectivity index (χ2v) is 6.60. The molecule has 0 amide bonds. The van der Waals surface area contributed by atoms with E-state index in [0.717, 1.165) is 25.2 Å². The first kappa shape index (κ1) is 22.2. The number of H-pyrrole nitrogens is 1. The van der Waals surface area contributed by atoms with Crippen LogP contribution in [0, 0.1) is 6.92 Å². The van der Waals surface area contributed by atoms with Crippen molar-refractivity contribution in [3.63, 3.8) is 0 Å². The van der Waals surface area contributed by atoms with Gasteiger partial charge in [-0.15, -0.1) is 0 Å². The third kappa shape index (κ3) is 5.95. The van der Waals surface area contributed by atoms with E-state index in [1.165, 1.54) is 7.11 Å². The van der Waals surface area contributed by atoms with E-state index < -0.39 is 11.7 Å². The summed E-state index contributed by atoms with van der Waals surface area (Å²) in [5.74, 6) is 0.150. The number of alkyl halides is 3. The number of aromatic amines is 1. The minimum atomic E-state index is -4.48. The Kier molecular flexibility index (Phi) is 7.85. The lowest BCUT2D eigenvalue weighted by atomic mass is 10.00. The maximum Gasteiger partial charge on any atom is 0.416 e. The monoisotopic (exact) mass is 400 g/mol. The first-order valence-corrected chi connectivity index (χ1v) is 8.97. The van der Waals surface area contributed by atoms with Gasteiger partial charge in [0, 0.05) is 38.0 Å². The van der Waals surface area contributed by atoms with Crippen molar-refractivity contribution < 1.29 is 22.6 Å². The molecule has 28 heavy (non-hydrogen) atoms. The molecule has 0 spiro atoms. The van der Waals surface area contributed by atoms with Crippen LogP contribution in [0.25, 0.3) is 11.1 Å². The summed E-state index contributed by atoms with van der Waals surface area (Å²) in [5.41, 5.74) is 1.73. The van der Waals surface area contributed by atoms with Crippen LogP contribution in [0.2, 0.25) is 0 Å². The molecule has 0 fully saturated rings. The lowest BCUT2D eigenvalue weighted by Crippen LogP contribution is -2.27. The molecule has 0 radical (unpaired) electrons. The quantitative estimate of drug-likeness (QED) is 0.600. The Bertz CT molecular complexity index is 762. The van der Waals surface area contributed by atoms with Crippen LogP contribution in [0.4, 0.5) is 13.2 Å². The lowest BCUT2D eigenvalue weighted by Gasteiger charge is -2.17. The summed E-state index contributed by atoms with van der Waals surface area (Å²) < 4.78 is 50.6. The number of aryl methyl sites for hydroxylation is 1. The van der Waals surface area contributed by atoms with Crippen LogP contribution in [0.3, 0.4) is 0 Å². The third-order valence-corrected chi connectivity index (χ3v) is 4.26. The molecule has 2 aromatic rings. The number of rotatable bonds is 10. The number of nitrogens with zero attached hydrogens (tertiary/aromatic N) is 2. The molecule has 0 aliphatic heterocycles. The van der Waals surface area contributed by atoms with Crippen LogP contribution in [-0.4, -0.2) is 62.6 Å². The SMILES string of the molecule is CNCCN(C)Cc1n[nH]c(C)c1-c1cc(OCCOC)cc(C(F)(F)F)c1. The number of ether oxygens (including phenoxy) is 2. The largest absolute Gasteiger partial charge is 0.491 e. The summed E-state index contributed by atoms with van der Waals surface area (Å²) in [4.78, 5) is 2.05. The molecular formula is C19H27F3N4O2. The maximum absolute atomic E-state index is 13.4. The van der Waals surface area contributed by atoms with Crippen molar-refractivity contribution in [1.29, 1.82) is 0 Å². The van der Waals surface area contributed by atoms with E-state index in [-0.39, 0.29) is 19.0 Å². The number of benzene rings is 1. The third-order valence-electron chi connectivity index (χ3n) is 4.26. The molecular weight excluding hydrogens is 373 g/mol. The van der Waals surface area contributed by atoms with Crippen LogP contribution >= 0.6 is 0 Å². The van der Waals surface area contributed by atoms with E-state index in [9.17, 15) is 13.2 Å². The van der Waals surface area contributed by atoms with Crippen LogP contribution in [0.5, 0.6) is 5.75 Å². The molecule has 0 unspecified atom stereocenters. The van der Waals surface area contributed by atoms with Gasteiger partial charge in [0.05, 0.1) is 17.9 Å². The van der Waals surface area contributed by atoms with E-state index >= 15 is 0 Å². The second-order valence-electron chi connectivity index (χ2n) is 6.60. The molecule has 156 valence electrons. The molecule has 1 heterocycles. The predicted molar refractivity (Wildman–Crippen MR) is 101 cm³/mol. The summed E-state index contributed by atoms with van der Waals surface area (Å²) in [5, 5.41) is 10.3. The molecule has 0 saturated heterocycles. The topological polar surface area (TPSA) is 62.4 Å². The highest BCUT2D eigenvalue weighted by Gasteiger charge is 2.32. The van der Waals surface area contributed by atoms with Gasteiger partial charge in [0.15, 0.2) is 0 Å². The smallest absolute Gasteiger partial charge is 0.416 e. The molecule has 6 nitrogen and oxygen atoms in total. The van der Waals surface area contributed by atoms with Crippen LogP contribution in [0.15, 0.2) is 18.2 Å². The first-order valence-electron chi connectivity index (χ1n) is 8.97. The molecule has 9 heteroatoms. The van der Waals surface area contributed by atoms with Gasteiger partial charge in [0.1, 0.15) is 12.4 Å². The van der Waals surface area contributed by atoms with Crippen molar-refractivity contribution in [2.24, 2.45) is 0 Å². The number of likely N-dealkylation sites (N-methyl/N-ethyl adjacent to an activating group) is 2. The summed E-state index contributed by atoms with van der Waals surface area (Å²) in [6, 6.07) is 3.76. The number of methoxy groups -OCH3 is 1. The predicted octanol–water partition coefficient (Wildman–Crippen LogP) is 3.08. The lowest BCUT2D eigenvalue weighted by molar-refractivity contribution is -0.137. The zero-order valence-electron chi connectivity index (χ0n) is 16.6. The Morgan fingerprint density at radius 3 is 2.61 bits per heavy atom. The van der Waals surface area contributed by atoms with Gasteiger partial charge < -0.3 is 14.8 Å². The molecule has 1 aromatic heterocycles. The Balaban J connectivity index is 2.40. The summed E-state index contributed by atoms with van der Waals surface area (Å²) >= 11 is 0. The average molecular weight is 400 g/mol. The normalized spacial score (nSPS) is 12.0. The first-order chi connectivity index (χ1) is 13.3. The van der Waals surface area contributed by atoms with Gasteiger partial charge >= 0.3 is 6.18 Å². The molecule has 1 aromatic carbocycles. The number of nitrogens with one attached hydrogen (secondary N) is 2. The molecule has 0 aliphatic carbocycles. The molecule has 0 saturated carbocycles. The number of hydrogen-bond acceptors (Lipinski definition) is 5. The highest BCUT2D eigenvalue weighted by molar-refractivity contribution is 5.71. The Morgan fingerprint density at radius 2 is 1.96 bits per heavy atom. The molecule has 2 N–H and O–H groups in total. The molecule has 2 rings (SSSR count). The van der Waals surface area contributed by atoms with E-state index in [0.29, 0.717) is 29.1 Å². The number of aromatic nitrogens is 2. The molecule has 0 atom stereocenters. The Labute approximate surface area is 163 Å². The minimum Gasteiger partial charge on any atom is -0.491 e. The standard InChI is InChI=1S/C19H27F3N4O2/c1-13-18(17(25-24-13)12-26(3)6-5-23-2)14-9-15(19(20,21)22)11-16(10-14)28-8-7-27-4/h9-11,23H,5-8,12H2,1-4H3,(H,24,25). The highest BCUT2D eigenvalue weighted by atomic mass is 19.4. The van der Waals surface area contributed by atoms with Gasteiger partial charge in [-0.25, -0.2) is 0 Å². The van der Waals surface area contributed by atoms with Crippen molar-refractivity contribution in [2.75, 3.05) is 47.5 Å². The van der Waals surface area contributed by atoms with E-state index in [1.807, 2.05) is 14.1 Å². The van der Waals surface area contributed by atoms with Crippen molar-refractivity contribution in [2.45, 2.75) is 19.6 Å². The second kappa shape index (κ2) is 9.90. The van der Waals surface area contributed by atoms with Crippen molar-refractivity contribution >= 4 is 0 Å². The van der Waals surface area contributed by atoms with Crippen molar-refractivity contribution in [1.82, 2.24) is 20.4 Å².